The summed E-state index contributed by atoms with van der Waals surface area (Å²) in [6.45, 7) is 0. The fourth-order valence-corrected chi connectivity index (χ4v) is 4.98. The molecule has 0 saturated carbocycles. The van der Waals surface area contributed by atoms with E-state index in [1.165, 1.54) is 0 Å². The van der Waals surface area contributed by atoms with Crippen molar-refractivity contribution in [1.82, 2.24) is 19.9 Å². The number of aromatic nitrogens is 4. The second kappa shape index (κ2) is 8.50. The molecule has 4 N–H and O–H groups in total. The molecule has 7 rings (SSSR count). The van der Waals surface area contributed by atoms with Gasteiger partial charge in [0.15, 0.2) is 0 Å². The Bertz CT molecular complexity index is 1890. The number of hydrogen-bond donors (Lipinski definition) is 3. The monoisotopic (exact) mass is 477 g/mol. The molecule has 3 aromatic heterocycles. The van der Waals surface area contributed by atoms with Gasteiger partial charge in [-0.3, -0.25) is 0 Å². The Morgan fingerprint density at radius 2 is 1.11 bits per heavy atom. The first-order chi connectivity index (χ1) is 18.2. The molecule has 2 aromatic carbocycles. The predicted octanol–water partition coefficient (Wildman–Crippen LogP) is 7.57. The summed E-state index contributed by atoms with van der Waals surface area (Å²) in [6.07, 6.45) is 8.24. The van der Waals surface area contributed by atoms with E-state index < -0.39 is 0 Å². The van der Waals surface area contributed by atoms with E-state index in [1.54, 1.807) is 0 Å². The highest BCUT2D eigenvalue weighted by Gasteiger charge is 2.15. The highest BCUT2D eigenvalue weighted by atomic mass is 14.8. The first-order valence-electron chi connectivity index (χ1n) is 12.2. The lowest BCUT2D eigenvalue weighted by atomic mass is 10.0. The van der Waals surface area contributed by atoms with Crippen molar-refractivity contribution >= 4 is 52.1 Å². The minimum absolute atomic E-state index is 0.711. The smallest absolute Gasteiger partial charge is 0.0737 e. The lowest BCUT2D eigenvalue weighted by Crippen LogP contribution is -1.89. The summed E-state index contributed by atoms with van der Waals surface area (Å²) in [7, 11) is 0. The van der Waals surface area contributed by atoms with Crippen LogP contribution in [0.5, 0.6) is 0 Å². The molecule has 37 heavy (non-hydrogen) atoms. The van der Waals surface area contributed by atoms with E-state index in [9.17, 15) is 0 Å². The van der Waals surface area contributed by atoms with E-state index in [-0.39, 0.29) is 0 Å². The van der Waals surface area contributed by atoms with Crippen molar-refractivity contribution in [3.05, 3.63) is 114 Å². The fourth-order valence-electron chi connectivity index (χ4n) is 4.98. The van der Waals surface area contributed by atoms with Crippen LogP contribution in [0, 0.1) is 0 Å². The van der Waals surface area contributed by atoms with Crippen LogP contribution in [-0.4, -0.2) is 19.9 Å². The Labute approximate surface area is 213 Å². The molecule has 0 unspecified atom stereocenters. The number of benzene rings is 2. The number of hydrogen-bond acceptors (Lipinski definition) is 3. The Morgan fingerprint density at radius 1 is 0.514 bits per heavy atom. The molecule has 5 heteroatoms. The van der Waals surface area contributed by atoms with Gasteiger partial charge in [-0.25, -0.2) is 9.97 Å². The third kappa shape index (κ3) is 3.93. The highest BCUT2D eigenvalue weighted by molar-refractivity contribution is 5.95. The lowest BCUT2D eigenvalue weighted by Gasteiger charge is -2.05. The molecule has 0 spiro atoms. The SMILES string of the molecule is Nc1cccc(-c2c3nc(c(-c4ccccc4)c4ccc(cc5nc(cc6ccc2[nH]6)C=C5)[nH]4)C=C3)c1. The van der Waals surface area contributed by atoms with E-state index in [1.807, 2.05) is 36.4 Å². The molecule has 5 aromatic rings. The summed E-state index contributed by atoms with van der Waals surface area (Å²) in [5, 5.41) is 0. The number of rotatable bonds is 2. The normalized spacial score (nSPS) is 12.2. The van der Waals surface area contributed by atoms with Gasteiger partial charge in [0, 0.05) is 38.9 Å². The number of aromatic amines is 2. The molecule has 0 fully saturated rings. The molecule has 176 valence electrons. The molecular weight excluding hydrogens is 454 g/mol. The molecule has 0 atom stereocenters. The number of nitrogen functional groups attached to an aromatic ring is 1. The Balaban J connectivity index is 1.64. The van der Waals surface area contributed by atoms with Crippen molar-refractivity contribution in [1.29, 1.82) is 0 Å². The standard InChI is InChI=1S/C32H23N5/c33-22-8-4-7-21(17-22)32-28-14-12-26(36-28)19-24-10-9-23(34-24)18-25-11-13-27(35-25)31(20-5-2-1-3-6-20)29-15-16-30(32)37-29/h1-19,35-36H,33H2. The molecule has 8 bridgehead atoms. The summed E-state index contributed by atoms with van der Waals surface area (Å²) in [6, 6.07) is 30.8. The quantitative estimate of drug-likeness (QED) is 0.225. The molecule has 5 nitrogen and oxygen atoms in total. The van der Waals surface area contributed by atoms with Crippen molar-refractivity contribution < 1.29 is 0 Å². The van der Waals surface area contributed by atoms with Gasteiger partial charge in [-0.2, -0.15) is 0 Å². The summed E-state index contributed by atoms with van der Waals surface area (Å²) in [5.41, 5.74) is 18.5. The number of nitrogens with one attached hydrogen (secondary N) is 2. The largest absolute Gasteiger partial charge is 0.399 e. The van der Waals surface area contributed by atoms with Gasteiger partial charge in [0.25, 0.3) is 0 Å². The third-order valence-corrected chi connectivity index (χ3v) is 6.64. The second-order valence-electron chi connectivity index (χ2n) is 9.20. The minimum Gasteiger partial charge on any atom is -0.399 e. The van der Waals surface area contributed by atoms with Crippen LogP contribution in [-0.2, 0) is 0 Å². The molecule has 0 radical (unpaired) electrons. The Hall–Kier alpha value is -5.16. The van der Waals surface area contributed by atoms with Gasteiger partial charge < -0.3 is 15.7 Å². The van der Waals surface area contributed by atoms with Gasteiger partial charge in [-0.15, -0.1) is 0 Å². The van der Waals surface area contributed by atoms with Gasteiger partial charge in [-0.1, -0.05) is 42.5 Å². The first-order valence-corrected chi connectivity index (χ1v) is 12.2. The lowest BCUT2D eigenvalue weighted by molar-refractivity contribution is 1.31. The first kappa shape index (κ1) is 21.1. The van der Waals surface area contributed by atoms with Crippen LogP contribution in [0.1, 0.15) is 22.8 Å². The average Bonchev–Trinajstić information content (AvgIpc) is 3.71. The van der Waals surface area contributed by atoms with Gasteiger partial charge in [-0.05, 0) is 84.0 Å². The fraction of sp³-hybridized carbons (Fsp3) is 0. The molecular formula is C32H23N5. The average molecular weight is 478 g/mol. The van der Waals surface area contributed by atoms with Crippen LogP contribution in [0.15, 0.2) is 91.0 Å². The topological polar surface area (TPSA) is 83.4 Å². The molecule has 2 aliphatic heterocycles. The second-order valence-corrected chi connectivity index (χ2v) is 9.20. The zero-order chi connectivity index (χ0) is 24.8. The van der Waals surface area contributed by atoms with Crippen LogP contribution >= 0.6 is 0 Å². The van der Waals surface area contributed by atoms with Crippen LogP contribution in [0.4, 0.5) is 5.69 Å². The van der Waals surface area contributed by atoms with E-state index in [0.717, 1.165) is 67.1 Å². The maximum absolute atomic E-state index is 6.19. The van der Waals surface area contributed by atoms with Crippen LogP contribution in [0.2, 0.25) is 0 Å². The van der Waals surface area contributed by atoms with Crippen molar-refractivity contribution in [3.8, 4) is 22.3 Å². The number of nitrogens with zero attached hydrogens (tertiary/aromatic N) is 2. The van der Waals surface area contributed by atoms with E-state index in [0.29, 0.717) is 5.69 Å². The highest BCUT2D eigenvalue weighted by Crippen LogP contribution is 2.34. The number of H-pyrrole nitrogens is 2. The van der Waals surface area contributed by atoms with Crippen LogP contribution in [0.25, 0.3) is 68.6 Å². The maximum atomic E-state index is 6.19. The summed E-state index contributed by atoms with van der Waals surface area (Å²) in [5.74, 6) is 0. The molecule has 5 heterocycles. The van der Waals surface area contributed by atoms with Crippen LogP contribution < -0.4 is 5.73 Å². The summed E-state index contributed by atoms with van der Waals surface area (Å²) < 4.78 is 0. The minimum atomic E-state index is 0.711. The van der Waals surface area contributed by atoms with Crippen molar-refractivity contribution in [3.63, 3.8) is 0 Å². The van der Waals surface area contributed by atoms with E-state index in [2.05, 4.69) is 88.9 Å². The maximum Gasteiger partial charge on any atom is 0.0737 e. The third-order valence-electron chi connectivity index (χ3n) is 6.64. The summed E-state index contributed by atoms with van der Waals surface area (Å²) in [4.78, 5) is 17.1. The van der Waals surface area contributed by atoms with Gasteiger partial charge in [0.05, 0.1) is 22.8 Å². The zero-order valence-electron chi connectivity index (χ0n) is 19.9. The Morgan fingerprint density at radius 3 is 1.73 bits per heavy atom. The molecule has 2 aliphatic rings. The van der Waals surface area contributed by atoms with Crippen molar-refractivity contribution in [2.24, 2.45) is 0 Å². The van der Waals surface area contributed by atoms with Gasteiger partial charge in [0.1, 0.15) is 0 Å². The van der Waals surface area contributed by atoms with Gasteiger partial charge >= 0.3 is 0 Å². The van der Waals surface area contributed by atoms with E-state index in [4.69, 9.17) is 15.7 Å². The Kier molecular flexibility index (Phi) is 4.86. The predicted molar refractivity (Wildman–Crippen MR) is 154 cm³/mol. The number of fused-ring (bicyclic) bond motifs is 8. The van der Waals surface area contributed by atoms with E-state index >= 15 is 0 Å². The van der Waals surface area contributed by atoms with Crippen molar-refractivity contribution in [2.45, 2.75) is 0 Å². The van der Waals surface area contributed by atoms with Crippen molar-refractivity contribution in [2.75, 3.05) is 5.73 Å². The molecule has 0 aliphatic carbocycles. The molecule has 0 saturated heterocycles. The summed E-state index contributed by atoms with van der Waals surface area (Å²) >= 11 is 0. The number of nitrogens with two attached hydrogens (primary N) is 1. The van der Waals surface area contributed by atoms with Crippen LogP contribution in [0.3, 0.4) is 0 Å². The van der Waals surface area contributed by atoms with Gasteiger partial charge in [0.2, 0.25) is 0 Å². The zero-order valence-corrected chi connectivity index (χ0v) is 19.9. The molecule has 0 amide bonds. The number of anilines is 1.